The van der Waals surface area contributed by atoms with Crippen LogP contribution in [0.3, 0.4) is 0 Å². The molecule has 0 unspecified atom stereocenters. The monoisotopic (exact) mass is 287 g/mol. The molecule has 1 rings (SSSR count). The normalized spacial score (nSPS) is 10.4. The molecule has 1 aromatic carbocycles. The second kappa shape index (κ2) is 6.98. The molecule has 0 radical (unpaired) electrons. The van der Waals surface area contributed by atoms with Crippen molar-refractivity contribution in [3.63, 3.8) is 0 Å². The first-order valence-electron chi connectivity index (χ1n) is 5.11. The molecule has 0 heterocycles. The minimum atomic E-state index is -0.851. The minimum Gasteiger partial charge on any atom is -0.348 e. The van der Waals surface area contributed by atoms with Gasteiger partial charge in [0.1, 0.15) is 0 Å². The van der Waals surface area contributed by atoms with Gasteiger partial charge < -0.3 is 5.32 Å². The molecule has 2 N–H and O–H groups in total. The highest BCUT2D eigenvalue weighted by atomic mass is 35.5. The van der Waals surface area contributed by atoms with Crippen LogP contribution < -0.4 is 10.7 Å². The van der Waals surface area contributed by atoms with Crippen LogP contribution in [-0.4, -0.2) is 24.6 Å². The maximum Gasteiger partial charge on any atom is 0.329 e. The first kappa shape index (κ1) is 14.5. The van der Waals surface area contributed by atoms with Crippen molar-refractivity contribution in [3.8, 4) is 0 Å². The smallest absolute Gasteiger partial charge is 0.329 e. The highest BCUT2D eigenvalue weighted by Gasteiger charge is 2.10. The van der Waals surface area contributed by atoms with E-state index in [0.29, 0.717) is 22.2 Å². The lowest BCUT2D eigenvalue weighted by atomic mass is 10.2. The minimum absolute atomic E-state index is 0.367. The molecule has 0 fully saturated rings. The lowest BCUT2D eigenvalue weighted by Gasteiger charge is -2.01. The van der Waals surface area contributed by atoms with Gasteiger partial charge >= 0.3 is 11.8 Å². The van der Waals surface area contributed by atoms with Gasteiger partial charge in [0.25, 0.3) is 0 Å². The van der Waals surface area contributed by atoms with Crippen molar-refractivity contribution in [1.29, 1.82) is 0 Å². The Labute approximate surface area is 114 Å². The average Bonchev–Trinajstić information content (AvgIpc) is 2.33. The van der Waals surface area contributed by atoms with E-state index in [9.17, 15) is 9.59 Å². The Morgan fingerprint density at radius 3 is 2.44 bits per heavy atom. The van der Waals surface area contributed by atoms with Crippen molar-refractivity contribution in [2.24, 2.45) is 5.10 Å². The van der Waals surface area contributed by atoms with E-state index in [0.717, 1.165) is 0 Å². The first-order valence-corrected chi connectivity index (χ1v) is 5.87. The zero-order valence-corrected chi connectivity index (χ0v) is 11.0. The molecule has 0 aromatic heterocycles. The fraction of sp³-hybridized carbons (Fsp3) is 0.182. The molecule has 0 spiro atoms. The molecule has 0 bridgehead atoms. The predicted molar refractivity (Wildman–Crippen MR) is 70.9 cm³/mol. The number of carbonyl (C=O) groups is 2. The average molecular weight is 288 g/mol. The van der Waals surface area contributed by atoms with Crippen molar-refractivity contribution in [1.82, 2.24) is 10.7 Å². The van der Waals surface area contributed by atoms with Gasteiger partial charge in [-0.1, -0.05) is 29.3 Å². The summed E-state index contributed by atoms with van der Waals surface area (Å²) in [4.78, 5) is 22.3. The van der Waals surface area contributed by atoms with Gasteiger partial charge in [-0.25, -0.2) is 5.43 Å². The largest absolute Gasteiger partial charge is 0.348 e. The van der Waals surface area contributed by atoms with Crippen molar-refractivity contribution >= 4 is 41.2 Å². The summed E-state index contributed by atoms with van der Waals surface area (Å²) in [5.74, 6) is -1.60. The second-order valence-corrected chi connectivity index (χ2v) is 4.01. The fourth-order valence-corrected chi connectivity index (χ4v) is 1.58. The Balaban J connectivity index is 2.66. The van der Waals surface area contributed by atoms with E-state index in [1.807, 2.05) is 0 Å². The summed E-state index contributed by atoms with van der Waals surface area (Å²) in [7, 11) is 0. The number of rotatable bonds is 3. The molecular weight excluding hydrogens is 277 g/mol. The summed E-state index contributed by atoms with van der Waals surface area (Å²) in [5.41, 5.74) is 2.54. The third-order valence-corrected chi connectivity index (χ3v) is 2.56. The maximum atomic E-state index is 11.2. The topological polar surface area (TPSA) is 70.6 Å². The molecular formula is C11H11Cl2N3O2. The predicted octanol–water partition coefficient (Wildman–Crippen LogP) is 1.58. The van der Waals surface area contributed by atoms with Crippen LogP contribution in [0.15, 0.2) is 23.3 Å². The lowest BCUT2D eigenvalue weighted by molar-refractivity contribution is -0.139. The van der Waals surface area contributed by atoms with Crippen LogP contribution in [0.4, 0.5) is 0 Å². The van der Waals surface area contributed by atoms with Crippen molar-refractivity contribution in [2.75, 3.05) is 6.54 Å². The molecule has 0 aliphatic heterocycles. The van der Waals surface area contributed by atoms with E-state index in [1.165, 1.54) is 6.21 Å². The van der Waals surface area contributed by atoms with Crippen LogP contribution in [0.1, 0.15) is 12.5 Å². The third-order valence-electron chi connectivity index (χ3n) is 1.90. The summed E-state index contributed by atoms with van der Waals surface area (Å²) < 4.78 is 0. The number of hydrogen-bond donors (Lipinski definition) is 2. The lowest BCUT2D eigenvalue weighted by Crippen LogP contribution is -2.37. The van der Waals surface area contributed by atoms with Crippen molar-refractivity contribution in [3.05, 3.63) is 33.8 Å². The summed E-state index contributed by atoms with van der Waals surface area (Å²) in [6.45, 7) is 2.07. The SMILES string of the molecule is CCNC(=O)C(=O)N/N=C/c1c(Cl)cccc1Cl. The van der Waals surface area contributed by atoms with Gasteiger partial charge in [0.2, 0.25) is 0 Å². The number of amides is 2. The molecule has 0 aliphatic carbocycles. The van der Waals surface area contributed by atoms with Crippen LogP contribution in [-0.2, 0) is 9.59 Å². The Morgan fingerprint density at radius 1 is 1.28 bits per heavy atom. The summed E-state index contributed by atoms with van der Waals surface area (Å²) in [6, 6.07) is 4.97. The van der Waals surface area contributed by atoms with Gasteiger partial charge in [-0.2, -0.15) is 5.10 Å². The number of likely N-dealkylation sites (N-methyl/N-ethyl adjacent to an activating group) is 1. The summed E-state index contributed by atoms with van der Waals surface area (Å²) in [5, 5.41) is 6.75. The number of hydrogen-bond acceptors (Lipinski definition) is 3. The first-order chi connectivity index (χ1) is 8.56. The number of benzene rings is 1. The van der Waals surface area contributed by atoms with Crippen molar-refractivity contribution < 1.29 is 9.59 Å². The molecule has 1 aromatic rings. The van der Waals surface area contributed by atoms with E-state index in [2.05, 4.69) is 15.8 Å². The number of carbonyl (C=O) groups excluding carboxylic acids is 2. The van der Waals surface area contributed by atoms with Crippen LogP contribution in [0, 0.1) is 0 Å². The highest BCUT2D eigenvalue weighted by molar-refractivity contribution is 6.38. The molecule has 5 nitrogen and oxygen atoms in total. The zero-order chi connectivity index (χ0) is 13.5. The van der Waals surface area contributed by atoms with E-state index in [-0.39, 0.29) is 0 Å². The Morgan fingerprint density at radius 2 is 1.89 bits per heavy atom. The van der Waals surface area contributed by atoms with Crippen LogP contribution >= 0.6 is 23.2 Å². The Hall–Kier alpha value is -1.59. The van der Waals surface area contributed by atoms with Crippen molar-refractivity contribution in [2.45, 2.75) is 6.92 Å². The second-order valence-electron chi connectivity index (χ2n) is 3.19. The summed E-state index contributed by atoms with van der Waals surface area (Å²) >= 11 is 11.8. The Kier molecular flexibility index (Phi) is 5.61. The van der Waals surface area contributed by atoms with E-state index < -0.39 is 11.8 Å². The molecule has 96 valence electrons. The van der Waals surface area contributed by atoms with Gasteiger partial charge in [0.05, 0.1) is 16.3 Å². The molecule has 7 heteroatoms. The van der Waals surface area contributed by atoms with Crippen LogP contribution in [0.5, 0.6) is 0 Å². The van der Waals surface area contributed by atoms with E-state index >= 15 is 0 Å². The molecule has 18 heavy (non-hydrogen) atoms. The molecule has 0 saturated carbocycles. The standard InChI is InChI=1S/C11H11Cl2N3O2/c1-2-14-10(17)11(18)16-15-6-7-8(12)4-3-5-9(7)13/h3-6H,2H2,1H3,(H,14,17)(H,16,18)/b15-6+. The maximum absolute atomic E-state index is 11.2. The van der Waals surface area contributed by atoms with E-state index in [4.69, 9.17) is 23.2 Å². The molecule has 0 aliphatic rings. The quantitative estimate of drug-likeness (QED) is 0.503. The number of hydrazone groups is 1. The number of halogens is 2. The Bertz CT molecular complexity index is 469. The van der Waals surface area contributed by atoms with Crippen LogP contribution in [0.2, 0.25) is 10.0 Å². The van der Waals surface area contributed by atoms with Gasteiger partial charge in [0, 0.05) is 12.1 Å². The van der Waals surface area contributed by atoms with Gasteiger partial charge in [0.15, 0.2) is 0 Å². The third kappa shape index (κ3) is 4.01. The molecule has 0 atom stereocenters. The molecule has 0 saturated heterocycles. The highest BCUT2D eigenvalue weighted by Crippen LogP contribution is 2.21. The number of nitrogens with zero attached hydrogens (tertiary/aromatic N) is 1. The summed E-state index contributed by atoms with van der Waals surface area (Å²) in [6.07, 6.45) is 1.28. The van der Waals surface area contributed by atoms with E-state index in [1.54, 1.807) is 25.1 Å². The van der Waals surface area contributed by atoms with Gasteiger partial charge in [-0.05, 0) is 19.1 Å². The number of nitrogens with one attached hydrogen (secondary N) is 2. The zero-order valence-electron chi connectivity index (χ0n) is 9.54. The van der Waals surface area contributed by atoms with Crippen LogP contribution in [0.25, 0.3) is 0 Å². The fourth-order valence-electron chi connectivity index (χ4n) is 1.08. The molecule has 2 amide bonds. The van der Waals surface area contributed by atoms with Gasteiger partial charge in [-0.15, -0.1) is 0 Å². The van der Waals surface area contributed by atoms with Gasteiger partial charge in [-0.3, -0.25) is 9.59 Å².